The molecule has 16 heavy (non-hydrogen) atoms. The highest BCUT2D eigenvalue weighted by Crippen LogP contribution is 2.26. The van der Waals surface area contributed by atoms with E-state index in [-0.39, 0.29) is 11.4 Å². The molecule has 6 heteroatoms. The molecule has 1 amide bonds. The molecule has 0 heterocycles. The van der Waals surface area contributed by atoms with E-state index in [1.807, 2.05) is 0 Å². The first-order chi connectivity index (χ1) is 7.49. The third-order valence-corrected chi connectivity index (χ3v) is 1.83. The fraction of sp³-hybridized carbons (Fsp3) is 0. The number of halogens is 1. The predicted molar refractivity (Wildman–Crippen MR) is 58.5 cm³/mol. The molecule has 5 nitrogen and oxygen atoms in total. The van der Waals surface area contributed by atoms with E-state index in [4.69, 9.17) is 16.7 Å². The van der Waals surface area contributed by atoms with Crippen LogP contribution in [0.5, 0.6) is 5.75 Å². The number of carbonyl (C=O) groups is 2. The Hall–Kier alpha value is -2.01. The minimum Gasteiger partial charge on any atom is -0.506 e. The maximum atomic E-state index is 11.2. The number of amides is 1. The van der Waals surface area contributed by atoms with E-state index in [0.29, 0.717) is 11.1 Å². The zero-order valence-electron chi connectivity index (χ0n) is 7.98. The Morgan fingerprint density at radius 1 is 1.31 bits per heavy atom. The summed E-state index contributed by atoms with van der Waals surface area (Å²) in [6.45, 7) is 0. The summed E-state index contributed by atoms with van der Waals surface area (Å²) in [6.07, 6.45) is 1.53. The number of aliphatic carboxylic acids is 1. The SMILES string of the molecule is O=C(O)/C=C/C(=O)Nc1cc(Cl)ccc1O. The Labute approximate surface area is 96.0 Å². The molecule has 3 N–H and O–H groups in total. The lowest BCUT2D eigenvalue weighted by molar-refractivity contribution is -0.131. The van der Waals surface area contributed by atoms with Gasteiger partial charge in [-0.1, -0.05) is 11.6 Å². The van der Waals surface area contributed by atoms with E-state index >= 15 is 0 Å². The van der Waals surface area contributed by atoms with Crippen molar-refractivity contribution in [3.05, 3.63) is 35.4 Å². The highest BCUT2D eigenvalue weighted by Gasteiger charge is 2.04. The summed E-state index contributed by atoms with van der Waals surface area (Å²) in [7, 11) is 0. The van der Waals surface area contributed by atoms with E-state index in [0.717, 1.165) is 6.08 Å². The molecule has 1 rings (SSSR count). The second kappa shape index (κ2) is 5.18. The molecule has 0 bridgehead atoms. The van der Waals surface area contributed by atoms with Crippen molar-refractivity contribution in [2.45, 2.75) is 0 Å². The van der Waals surface area contributed by atoms with Gasteiger partial charge in [-0.15, -0.1) is 0 Å². The molecule has 0 saturated carbocycles. The van der Waals surface area contributed by atoms with Crippen LogP contribution in [0.3, 0.4) is 0 Å². The van der Waals surface area contributed by atoms with Gasteiger partial charge in [-0.2, -0.15) is 0 Å². The van der Waals surface area contributed by atoms with Crippen LogP contribution in [0.25, 0.3) is 0 Å². The normalized spacial score (nSPS) is 10.3. The first-order valence-corrected chi connectivity index (χ1v) is 4.57. The highest BCUT2D eigenvalue weighted by molar-refractivity contribution is 6.31. The number of rotatable bonds is 3. The van der Waals surface area contributed by atoms with Crippen LogP contribution in [0.2, 0.25) is 5.02 Å². The van der Waals surface area contributed by atoms with Gasteiger partial charge in [0, 0.05) is 17.2 Å². The number of phenolic OH excluding ortho intramolecular Hbond substituents is 1. The fourth-order valence-corrected chi connectivity index (χ4v) is 1.10. The van der Waals surface area contributed by atoms with Gasteiger partial charge in [0.05, 0.1) is 5.69 Å². The third-order valence-electron chi connectivity index (χ3n) is 1.59. The third kappa shape index (κ3) is 3.62. The highest BCUT2D eigenvalue weighted by atomic mass is 35.5. The second-order valence-electron chi connectivity index (χ2n) is 2.82. The van der Waals surface area contributed by atoms with Gasteiger partial charge < -0.3 is 15.5 Å². The minimum atomic E-state index is -1.23. The molecule has 0 atom stereocenters. The lowest BCUT2D eigenvalue weighted by Crippen LogP contribution is -2.08. The molecule has 84 valence electrons. The zero-order chi connectivity index (χ0) is 12.1. The molecule has 0 aliphatic carbocycles. The van der Waals surface area contributed by atoms with E-state index in [1.165, 1.54) is 18.2 Å². The lowest BCUT2D eigenvalue weighted by Gasteiger charge is -2.04. The maximum Gasteiger partial charge on any atom is 0.328 e. The molecule has 1 aromatic carbocycles. The number of hydrogen-bond donors (Lipinski definition) is 3. The van der Waals surface area contributed by atoms with Gasteiger partial charge in [-0.05, 0) is 18.2 Å². The van der Waals surface area contributed by atoms with Crippen molar-refractivity contribution < 1.29 is 19.8 Å². The summed E-state index contributed by atoms with van der Waals surface area (Å²) in [4.78, 5) is 21.3. The number of anilines is 1. The molecule has 1 aromatic rings. The van der Waals surface area contributed by atoms with Crippen LogP contribution in [-0.4, -0.2) is 22.1 Å². The monoisotopic (exact) mass is 241 g/mol. The van der Waals surface area contributed by atoms with Crippen molar-refractivity contribution in [2.75, 3.05) is 5.32 Å². The van der Waals surface area contributed by atoms with Crippen LogP contribution in [0.1, 0.15) is 0 Å². The number of carboxylic acids is 1. The Morgan fingerprint density at radius 2 is 2.00 bits per heavy atom. The minimum absolute atomic E-state index is 0.118. The van der Waals surface area contributed by atoms with Gasteiger partial charge in [0.2, 0.25) is 5.91 Å². The lowest BCUT2D eigenvalue weighted by atomic mass is 10.3. The first kappa shape index (κ1) is 12.1. The van der Waals surface area contributed by atoms with Gasteiger partial charge in [0.15, 0.2) is 0 Å². The molecule has 0 aliphatic heterocycles. The van der Waals surface area contributed by atoms with E-state index in [2.05, 4.69) is 5.32 Å². The standard InChI is InChI=1S/C10H8ClNO4/c11-6-1-2-8(13)7(5-6)12-9(14)3-4-10(15)16/h1-5,13H,(H,12,14)(H,15,16)/b4-3+. The van der Waals surface area contributed by atoms with Crippen molar-refractivity contribution in [3.63, 3.8) is 0 Å². The Morgan fingerprint density at radius 3 is 2.62 bits per heavy atom. The smallest absolute Gasteiger partial charge is 0.328 e. The molecule has 0 unspecified atom stereocenters. The first-order valence-electron chi connectivity index (χ1n) is 4.19. The van der Waals surface area contributed by atoms with Crippen molar-refractivity contribution >= 4 is 29.2 Å². The summed E-state index contributed by atoms with van der Waals surface area (Å²) in [5, 5.41) is 20.3. The number of phenols is 1. The fourth-order valence-electron chi connectivity index (χ4n) is 0.930. The summed E-state index contributed by atoms with van der Waals surface area (Å²) in [5.41, 5.74) is 0.118. The average molecular weight is 242 g/mol. The predicted octanol–water partition coefficient (Wildman–Crippen LogP) is 1.62. The van der Waals surface area contributed by atoms with Crippen LogP contribution in [-0.2, 0) is 9.59 Å². The van der Waals surface area contributed by atoms with Gasteiger partial charge in [-0.25, -0.2) is 4.79 Å². The molecule has 0 fully saturated rings. The Balaban J connectivity index is 2.77. The van der Waals surface area contributed by atoms with E-state index in [9.17, 15) is 14.7 Å². The van der Waals surface area contributed by atoms with Crippen LogP contribution in [0.4, 0.5) is 5.69 Å². The summed E-state index contributed by atoms with van der Waals surface area (Å²) in [6, 6.07) is 4.13. The molecular weight excluding hydrogens is 234 g/mol. The van der Waals surface area contributed by atoms with E-state index < -0.39 is 11.9 Å². The van der Waals surface area contributed by atoms with Crippen molar-refractivity contribution in [2.24, 2.45) is 0 Å². The molecular formula is C10H8ClNO4. The van der Waals surface area contributed by atoms with Crippen LogP contribution in [0.15, 0.2) is 30.4 Å². The largest absolute Gasteiger partial charge is 0.506 e. The van der Waals surface area contributed by atoms with Crippen molar-refractivity contribution in [1.29, 1.82) is 0 Å². The molecule has 0 saturated heterocycles. The average Bonchev–Trinajstić information content (AvgIpc) is 2.20. The molecule has 0 aromatic heterocycles. The quantitative estimate of drug-likeness (QED) is 0.554. The molecule has 0 aliphatic rings. The maximum absolute atomic E-state index is 11.2. The van der Waals surface area contributed by atoms with Crippen LogP contribution in [0, 0.1) is 0 Å². The Bertz CT molecular complexity index is 456. The molecule has 0 radical (unpaired) electrons. The van der Waals surface area contributed by atoms with Crippen molar-refractivity contribution in [1.82, 2.24) is 0 Å². The Kier molecular flexibility index (Phi) is 3.90. The van der Waals surface area contributed by atoms with Crippen LogP contribution >= 0.6 is 11.6 Å². The summed E-state index contributed by atoms with van der Waals surface area (Å²) >= 11 is 5.65. The zero-order valence-corrected chi connectivity index (χ0v) is 8.73. The second-order valence-corrected chi connectivity index (χ2v) is 3.26. The van der Waals surface area contributed by atoms with E-state index in [1.54, 1.807) is 0 Å². The topological polar surface area (TPSA) is 86.6 Å². The number of nitrogens with one attached hydrogen (secondary N) is 1. The number of hydrogen-bond acceptors (Lipinski definition) is 3. The summed E-state index contributed by atoms with van der Waals surface area (Å²) < 4.78 is 0. The number of benzene rings is 1. The van der Waals surface area contributed by atoms with Gasteiger partial charge in [0.25, 0.3) is 0 Å². The number of carbonyl (C=O) groups excluding carboxylic acids is 1. The van der Waals surface area contributed by atoms with Gasteiger partial charge >= 0.3 is 5.97 Å². The molecule has 0 spiro atoms. The van der Waals surface area contributed by atoms with Gasteiger partial charge in [-0.3, -0.25) is 4.79 Å². The van der Waals surface area contributed by atoms with Crippen LogP contribution < -0.4 is 5.32 Å². The number of aromatic hydroxyl groups is 1. The summed E-state index contributed by atoms with van der Waals surface area (Å²) in [5.74, 6) is -2.05. The van der Waals surface area contributed by atoms with Crippen molar-refractivity contribution in [3.8, 4) is 5.75 Å². The van der Waals surface area contributed by atoms with Gasteiger partial charge in [0.1, 0.15) is 5.75 Å². The number of carboxylic acid groups (broad SMARTS) is 1.